The Morgan fingerprint density at radius 2 is 1.25 bits per heavy atom. The Kier molecular flexibility index (Phi) is 26.4. The van der Waals surface area contributed by atoms with Crippen LogP contribution < -0.4 is 16.0 Å². The molecule has 11 amide bonds. The number of carbonyl (C=O) groups excluding carboxylic acids is 11. The van der Waals surface area contributed by atoms with Gasteiger partial charge in [0.05, 0.1) is 30.2 Å². The van der Waals surface area contributed by atoms with Gasteiger partial charge in [0.1, 0.15) is 41.8 Å². The number of nitrogens with one attached hydrogen (secondary N) is 3. The molecular weight excluding hydrogens is 1200 g/mol. The van der Waals surface area contributed by atoms with E-state index in [0.29, 0.717) is 36.8 Å². The molecule has 2 aliphatic heterocycles. The van der Waals surface area contributed by atoms with Crippen molar-refractivity contribution in [1.82, 2.24) is 55.1 Å². The topological polar surface area (TPSA) is 250 Å². The fourth-order valence-electron chi connectivity index (χ4n) is 12.3. The maximum atomic E-state index is 15.1. The first kappa shape index (κ1) is 74.4. The second-order valence-corrected chi connectivity index (χ2v) is 26.3. The number of hydrogen-bond donors (Lipinski definition) is 3. The number of nitrogens with zero attached hydrogens (tertiary/aromatic N) is 8. The van der Waals surface area contributed by atoms with Gasteiger partial charge in [0.2, 0.25) is 65.0 Å². The number of amides is 11. The van der Waals surface area contributed by atoms with Gasteiger partial charge >= 0.3 is 6.18 Å². The molecule has 2 aromatic carbocycles. The Balaban J connectivity index is 1.57. The first-order valence-corrected chi connectivity index (χ1v) is 31.8. The van der Waals surface area contributed by atoms with E-state index in [9.17, 15) is 56.3 Å². The molecule has 0 unspecified atom stereocenters. The van der Waals surface area contributed by atoms with Gasteiger partial charge in [-0.25, -0.2) is 0 Å². The lowest BCUT2D eigenvalue weighted by Gasteiger charge is -2.41. The van der Waals surface area contributed by atoms with Gasteiger partial charge in [0.25, 0.3) is 0 Å². The fraction of sp³-hybridized carbons (Fsp3) is 0.646. The summed E-state index contributed by atoms with van der Waals surface area (Å²) >= 11 is 6.11. The first-order valence-electron chi connectivity index (χ1n) is 31.5. The second kappa shape index (κ2) is 32.3. The van der Waals surface area contributed by atoms with Gasteiger partial charge in [-0.1, -0.05) is 109 Å². The number of halogens is 4. The average Bonchev–Trinajstić information content (AvgIpc) is 1.76. The van der Waals surface area contributed by atoms with Crippen LogP contribution in [0.3, 0.4) is 0 Å². The molecule has 1 saturated carbocycles. The third-order valence-electron chi connectivity index (χ3n) is 18.2. The molecule has 0 aromatic heterocycles. The van der Waals surface area contributed by atoms with E-state index in [0.717, 1.165) is 31.7 Å². The maximum absolute atomic E-state index is 15.1. The molecule has 504 valence electrons. The summed E-state index contributed by atoms with van der Waals surface area (Å²) in [5.74, 6) is -8.06. The molecule has 2 saturated heterocycles. The monoisotopic (exact) mass is 1300 g/mol. The van der Waals surface area contributed by atoms with Crippen molar-refractivity contribution >= 4 is 76.6 Å². The van der Waals surface area contributed by atoms with Gasteiger partial charge in [0, 0.05) is 74.8 Å². The van der Waals surface area contributed by atoms with Gasteiger partial charge in [-0.15, -0.1) is 0 Å². The molecule has 26 heteroatoms. The van der Waals surface area contributed by atoms with Crippen LogP contribution in [0.1, 0.15) is 129 Å². The van der Waals surface area contributed by atoms with Crippen molar-refractivity contribution in [1.29, 1.82) is 0 Å². The number of aryl methyl sites for hydroxylation is 1. The van der Waals surface area contributed by atoms with E-state index >= 15 is 9.59 Å². The molecule has 8 atom stereocenters. The highest BCUT2D eigenvalue weighted by Crippen LogP contribution is 2.36. The predicted molar refractivity (Wildman–Crippen MR) is 336 cm³/mol. The van der Waals surface area contributed by atoms with Crippen LogP contribution in [0.5, 0.6) is 0 Å². The van der Waals surface area contributed by atoms with E-state index in [2.05, 4.69) is 16.0 Å². The van der Waals surface area contributed by atoms with Crippen LogP contribution >= 0.6 is 11.6 Å². The molecule has 2 aromatic rings. The molecule has 22 nitrogen and oxygen atoms in total. The number of likely N-dealkylation sites (N-methyl/N-ethyl adjacent to an activating group) is 7. The Bertz CT molecular complexity index is 2970. The van der Waals surface area contributed by atoms with Gasteiger partial charge in [-0.3, -0.25) is 52.7 Å². The summed E-state index contributed by atoms with van der Waals surface area (Å²) in [6, 6.07) is 3.93. The molecule has 0 radical (unpaired) electrons. The van der Waals surface area contributed by atoms with Crippen molar-refractivity contribution in [2.75, 3.05) is 75.5 Å². The van der Waals surface area contributed by atoms with Crippen molar-refractivity contribution in [2.24, 2.45) is 17.8 Å². The molecule has 1 spiro atoms. The zero-order valence-electron chi connectivity index (χ0n) is 55.3. The minimum absolute atomic E-state index is 0.0429. The number of carbonyl (C=O) groups is 11. The Morgan fingerprint density at radius 3 is 1.84 bits per heavy atom. The third kappa shape index (κ3) is 18.9. The Hall–Kier alpha value is -7.31. The summed E-state index contributed by atoms with van der Waals surface area (Å²) in [6.45, 7) is 10.9. The average molecular weight is 1300 g/mol. The van der Waals surface area contributed by atoms with Gasteiger partial charge in [-0.05, 0) is 92.9 Å². The van der Waals surface area contributed by atoms with Crippen molar-refractivity contribution in [3.8, 4) is 0 Å². The molecule has 5 rings (SSSR count). The van der Waals surface area contributed by atoms with Crippen molar-refractivity contribution in [3.05, 3.63) is 70.2 Å². The molecular formula is C65H95ClF3N11O11. The quantitative estimate of drug-likeness (QED) is 0.292. The summed E-state index contributed by atoms with van der Waals surface area (Å²) in [7, 11) is 9.92. The van der Waals surface area contributed by atoms with Crippen LogP contribution in [0.4, 0.5) is 13.2 Å². The Morgan fingerprint density at radius 1 is 0.648 bits per heavy atom. The lowest BCUT2D eigenvalue weighted by Crippen LogP contribution is -2.64. The number of benzene rings is 2. The zero-order chi connectivity index (χ0) is 68.1. The number of rotatable bonds is 10. The highest BCUT2D eigenvalue weighted by atomic mass is 35.5. The molecule has 0 bridgehead atoms. The largest absolute Gasteiger partial charge is 0.417 e. The Labute approximate surface area is 538 Å². The normalized spacial score (nSPS) is 25.0. The minimum Gasteiger partial charge on any atom is -0.343 e. The van der Waals surface area contributed by atoms with E-state index in [1.165, 1.54) is 75.0 Å². The highest BCUT2D eigenvalue weighted by Gasteiger charge is 2.50. The third-order valence-corrected chi connectivity index (χ3v) is 18.5. The lowest BCUT2D eigenvalue weighted by atomic mass is 9.91. The van der Waals surface area contributed by atoms with Gasteiger partial charge in [0.15, 0.2) is 0 Å². The molecule has 2 heterocycles. The minimum atomic E-state index is -4.75. The van der Waals surface area contributed by atoms with Crippen molar-refractivity contribution in [3.63, 3.8) is 0 Å². The smallest absolute Gasteiger partial charge is 0.343 e. The predicted octanol–water partition coefficient (Wildman–Crippen LogP) is 4.78. The number of hydrogen-bond acceptors (Lipinski definition) is 11. The molecule has 91 heavy (non-hydrogen) atoms. The lowest BCUT2D eigenvalue weighted by molar-refractivity contribution is -0.152. The standard InChI is InChI=1S/C65H95ClF3N11O11/c1-15-41(6)55-61(89)75(10)37-53(83)73(8)38-54(84)78(13)50(35-43-22-17-16-18-23-43)60(88)74(9)36-51(81)70-47(28-26-44-25-27-45(46(66)34-44)65(67,68)69)59(87)80-31-21-24-48(80)58(86)72-64(29-19-20-30-64)63(91)79(14)56(40(4)5)62(90)76(11)42(7)33-52(82)77(12)49(32-39(2)3)57(85)71-55/h16-18,22-23,25,27,34,39-42,47-50,55-56H,15,19-21,24,26,28-33,35-38H2,1-14H3,(H,70,81)(H,71,85)(H,72,86)/t41-,42+,47-,48-,49-,50-,55-,56-/m0/s1. The molecule has 3 fully saturated rings. The van der Waals surface area contributed by atoms with E-state index < -0.39 is 161 Å². The first-order chi connectivity index (χ1) is 42.5. The summed E-state index contributed by atoms with van der Waals surface area (Å²) in [6.07, 6.45) is -2.71. The molecule has 3 aliphatic rings. The summed E-state index contributed by atoms with van der Waals surface area (Å²) in [5.41, 5.74) is -1.65. The fourth-order valence-corrected chi connectivity index (χ4v) is 12.6. The van der Waals surface area contributed by atoms with E-state index in [-0.39, 0.29) is 63.8 Å². The molecule has 3 N–H and O–H groups in total. The van der Waals surface area contributed by atoms with Crippen LogP contribution in [-0.4, -0.2) is 228 Å². The van der Waals surface area contributed by atoms with Crippen LogP contribution in [0, 0.1) is 17.8 Å². The van der Waals surface area contributed by atoms with Crippen LogP contribution in [0.15, 0.2) is 48.5 Å². The number of fused-ring (bicyclic) bond motifs is 1. The van der Waals surface area contributed by atoms with Crippen LogP contribution in [0.2, 0.25) is 5.02 Å². The van der Waals surface area contributed by atoms with Crippen LogP contribution in [0.25, 0.3) is 0 Å². The zero-order valence-corrected chi connectivity index (χ0v) is 56.0. The van der Waals surface area contributed by atoms with Crippen molar-refractivity contribution < 1.29 is 65.9 Å². The summed E-state index contributed by atoms with van der Waals surface area (Å²) < 4.78 is 41.3. The van der Waals surface area contributed by atoms with Crippen molar-refractivity contribution in [2.45, 2.75) is 180 Å². The maximum Gasteiger partial charge on any atom is 0.417 e. The summed E-state index contributed by atoms with van der Waals surface area (Å²) in [4.78, 5) is 170. The molecule has 1 aliphatic carbocycles. The summed E-state index contributed by atoms with van der Waals surface area (Å²) in [5, 5.41) is 8.03. The van der Waals surface area contributed by atoms with Crippen LogP contribution in [-0.2, 0) is 71.8 Å². The van der Waals surface area contributed by atoms with Gasteiger partial charge < -0.3 is 55.1 Å². The number of alkyl halides is 3. The highest BCUT2D eigenvalue weighted by molar-refractivity contribution is 6.31. The van der Waals surface area contributed by atoms with Gasteiger partial charge in [-0.2, -0.15) is 13.2 Å². The second-order valence-electron chi connectivity index (χ2n) is 25.9. The van der Waals surface area contributed by atoms with E-state index in [4.69, 9.17) is 11.6 Å². The van der Waals surface area contributed by atoms with E-state index in [1.54, 1.807) is 58.0 Å². The SMILES string of the molecule is CC[C@H](C)[C@@H]1NC(=O)[C@H](CC(C)C)N(C)C(=O)C[C@@H](C)N(C)C(=O)[C@H](C(C)C)N(C)C(=O)C2(CCCC2)NC(=O)[C@@H]2CCCN2C(=O)[C@H](CCc2ccc(C(F)(F)F)c(Cl)c2)NC(=O)CN(C)C(=O)[C@H](Cc2ccccc2)N(C)C(=O)CN(C)C(=O)CN(C)C1=O. The van der Waals surface area contributed by atoms with E-state index in [1.807, 2.05) is 20.8 Å².